The number of amides is 2. The Labute approximate surface area is 148 Å². The largest absolute Gasteiger partial charge is 0.508 e. The molecule has 2 aliphatic rings. The minimum absolute atomic E-state index is 0.0563. The van der Waals surface area contributed by atoms with Crippen LogP contribution in [0.2, 0.25) is 0 Å². The van der Waals surface area contributed by atoms with E-state index in [0.29, 0.717) is 12.5 Å². The number of benzene rings is 1. The highest BCUT2D eigenvalue weighted by molar-refractivity contribution is 5.88. The van der Waals surface area contributed by atoms with Crippen LogP contribution in [-0.4, -0.2) is 47.0 Å². The number of nitrogens with zero attached hydrogens (tertiary/aromatic N) is 1. The number of carbonyl (C=O) groups excluding carboxylic acids is 2. The predicted molar refractivity (Wildman–Crippen MR) is 94.9 cm³/mol. The van der Waals surface area contributed by atoms with Gasteiger partial charge in [0.25, 0.3) is 0 Å². The van der Waals surface area contributed by atoms with Crippen LogP contribution in [0.1, 0.15) is 37.7 Å². The quantitative estimate of drug-likeness (QED) is 0.746. The van der Waals surface area contributed by atoms with Crippen LogP contribution in [0.15, 0.2) is 24.3 Å². The molecule has 3 atom stereocenters. The minimum Gasteiger partial charge on any atom is -0.508 e. The first-order chi connectivity index (χ1) is 12.0. The molecule has 0 unspecified atom stereocenters. The molecule has 1 aromatic rings. The van der Waals surface area contributed by atoms with Crippen molar-refractivity contribution in [1.29, 1.82) is 0 Å². The van der Waals surface area contributed by atoms with Gasteiger partial charge in [0.1, 0.15) is 11.8 Å². The first-order valence-corrected chi connectivity index (χ1v) is 9.16. The van der Waals surface area contributed by atoms with Crippen molar-refractivity contribution < 1.29 is 14.7 Å². The van der Waals surface area contributed by atoms with Crippen molar-refractivity contribution in [3.8, 4) is 5.75 Å². The van der Waals surface area contributed by atoms with E-state index in [1.165, 1.54) is 6.42 Å². The van der Waals surface area contributed by atoms with Crippen LogP contribution in [0.3, 0.4) is 0 Å². The van der Waals surface area contributed by atoms with Crippen LogP contribution >= 0.6 is 0 Å². The molecule has 0 spiro atoms. The molecule has 3 rings (SSSR count). The number of piperidine rings is 2. The lowest BCUT2D eigenvalue weighted by atomic mass is 9.83. The maximum absolute atomic E-state index is 12.8. The summed E-state index contributed by atoms with van der Waals surface area (Å²) in [5.41, 5.74) is 6.36. The van der Waals surface area contributed by atoms with Gasteiger partial charge in [-0.1, -0.05) is 18.6 Å². The van der Waals surface area contributed by atoms with Gasteiger partial charge in [-0.3, -0.25) is 14.5 Å². The van der Waals surface area contributed by atoms with Gasteiger partial charge in [0.05, 0.1) is 5.92 Å². The van der Waals surface area contributed by atoms with Crippen molar-refractivity contribution in [1.82, 2.24) is 10.2 Å². The Hall–Kier alpha value is -2.08. The van der Waals surface area contributed by atoms with E-state index < -0.39 is 11.9 Å². The van der Waals surface area contributed by atoms with E-state index >= 15 is 0 Å². The maximum Gasteiger partial charge on any atom is 0.240 e. The van der Waals surface area contributed by atoms with Gasteiger partial charge >= 0.3 is 0 Å². The Morgan fingerprint density at radius 3 is 2.60 bits per heavy atom. The average molecular weight is 345 g/mol. The van der Waals surface area contributed by atoms with Crippen molar-refractivity contribution in [2.75, 3.05) is 13.1 Å². The number of nitrogens with two attached hydrogens (primary N) is 1. The van der Waals surface area contributed by atoms with E-state index in [1.807, 2.05) is 0 Å². The minimum atomic E-state index is -0.726. The third kappa shape index (κ3) is 4.31. The zero-order valence-corrected chi connectivity index (χ0v) is 14.5. The van der Waals surface area contributed by atoms with Gasteiger partial charge in [0.15, 0.2) is 0 Å². The highest BCUT2D eigenvalue weighted by Gasteiger charge is 2.38. The van der Waals surface area contributed by atoms with E-state index in [4.69, 9.17) is 5.73 Å². The number of hydrogen-bond acceptors (Lipinski definition) is 4. The lowest BCUT2D eigenvalue weighted by Gasteiger charge is -2.43. The Kier molecular flexibility index (Phi) is 5.58. The molecule has 2 fully saturated rings. The molecule has 2 aliphatic heterocycles. The number of phenolic OH excluding ortho intramolecular Hbond substituents is 1. The molecule has 6 nitrogen and oxygen atoms in total. The van der Waals surface area contributed by atoms with Crippen LogP contribution < -0.4 is 11.1 Å². The molecule has 1 aromatic carbocycles. The molecule has 2 saturated heterocycles. The molecule has 2 amide bonds. The number of phenols is 1. The Balaban J connectivity index is 1.65. The summed E-state index contributed by atoms with van der Waals surface area (Å²) in [6.07, 6.45) is 5.65. The summed E-state index contributed by atoms with van der Waals surface area (Å²) < 4.78 is 0. The number of aromatic hydroxyl groups is 1. The fourth-order valence-corrected chi connectivity index (χ4v) is 4.13. The van der Waals surface area contributed by atoms with Crippen molar-refractivity contribution in [2.24, 2.45) is 11.7 Å². The molecular formula is C19H27N3O3. The predicted octanol–water partition coefficient (Wildman–Crippen LogP) is 1.17. The van der Waals surface area contributed by atoms with Gasteiger partial charge < -0.3 is 16.2 Å². The van der Waals surface area contributed by atoms with E-state index in [2.05, 4.69) is 10.2 Å². The molecule has 4 N–H and O–H groups in total. The van der Waals surface area contributed by atoms with Gasteiger partial charge in [-0.2, -0.15) is 0 Å². The first kappa shape index (κ1) is 17.7. The van der Waals surface area contributed by atoms with Gasteiger partial charge in [0.2, 0.25) is 11.8 Å². The van der Waals surface area contributed by atoms with Gasteiger partial charge in [-0.25, -0.2) is 0 Å². The monoisotopic (exact) mass is 345 g/mol. The van der Waals surface area contributed by atoms with Gasteiger partial charge in [-0.05, 0) is 56.5 Å². The molecule has 0 bridgehead atoms. The summed E-state index contributed by atoms with van der Waals surface area (Å²) in [7, 11) is 0. The molecule has 136 valence electrons. The number of carbonyl (C=O) groups is 2. The van der Waals surface area contributed by atoms with Crippen LogP contribution in [0.5, 0.6) is 5.75 Å². The number of rotatable bonds is 5. The summed E-state index contributed by atoms with van der Waals surface area (Å²) in [5, 5.41) is 12.2. The molecule has 2 heterocycles. The van der Waals surface area contributed by atoms with Crippen molar-refractivity contribution in [3.63, 3.8) is 0 Å². The number of primary amides is 1. The highest BCUT2D eigenvalue weighted by Crippen LogP contribution is 2.31. The van der Waals surface area contributed by atoms with E-state index in [-0.39, 0.29) is 17.6 Å². The van der Waals surface area contributed by atoms with Gasteiger partial charge in [0, 0.05) is 12.5 Å². The second-order valence-corrected chi connectivity index (χ2v) is 7.18. The number of hydrogen-bond donors (Lipinski definition) is 3. The van der Waals surface area contributed by atoms with E-state index in [1.54, 1.807) is 24.3 Å². The van der Waals surface area contributed by atoms with Crippen molar-refractivity contribution >= 4 is 11.8 Å². The summed E-state index contributed by atoms with van der Waals surface area (Å²) in [5.74, 6) is -0.476. The molecule has 0 aromatic heterocycles. The second-order valence-electron chi connectivity index (χ2n) is 7.18. The standard InChI is InChI=1S/C19H27N3O3/c20-18(24)16(12-13-6-8-14(23)9-7-13)21-19(25)15-4-3-11-22-10-2-1-5-17(15)22/h6-9,15-17,23H,1-5,10-12H2,(H2,20,24)(H,21,25)/t15-,16+,17-/m1/s1. The Morgan fingerprint density at radius 1 is 1.16 bits per heavy atom. The van der Waals surface area contributed by atoms with Crippen molar-refractivity contribution in [2.45, 2.75) is 50.6 Å². The number of fused-ring (bicyclic) bond motifs is 1. The van der Waals surface area contributed by atoms with E-state index in [0.717, 1.165) is 44.3 Å². The van der Waals surface area contributed by atoms with Gasteiger partial charge in [-0.15, -0.1) is 0 Å². The summed E-state index contributed by atoms with van der Waals surface area (Å²) in [6, 6.07) is 6.18. The number of nitrogens with one attached hydrogen (secondary N) is 1. The fourth-order valence-electron chi connectivity index (χ4n) is 4.13. The molecule has 0 saturated carbocycles. The first-order valence-electron chi connectivity index (χ1n) is 9.16. The third-order valence-corrected chi connectivity index (χ3v) is 5.46. The topological polar surface area (TPSA) is 95.7 Å². The third-order valence-electron chi connectivity index (χ3n) is 5.46. The lowest BCUT2D eigenvalue weighted by Crippen LogP contribution is -2.55. The lowest BCUT2D eigenvalue weighted by molar-refractivity contribution is -0.133. The van der Waals surface area contributed by atoms with Crippen LogP contribution in [-0.2, 0) is 16.0 Å². The maximum atomic E-state index is 12.8. The van der Waals surface area contributed by atoms with Crippen LogP contribution in [0.25, 0.3) is 0 Å². The summed E-state index contributed by atoms with van der Waals surface area (Å²) in [4.78, 5) is 27.1. The molecule has 0 aliphatic carbocycles. The molecule has 25 heavy (non-hydrogen) atoms. The Bertz CT molecular complexity index is 615. The fraction of sp³-hybridized carbons (Fsp3) is 0.579. The summed E-state index contributed by atoms with van der Waals surface area (Å²) >= 11 is 0. The summed E-state index contributed by atoms with van der Waals surface area (Å²) in [6.45, 7) is 2.14. The SMILES string of the molecule is NC(=O)[C@H](Cc1ccc(O)cc1)NC(=O)[C@@H]1CCCN2CCCC[C@H]12. The normalized spacial score (nSPS) is 25.0. The smallest absolute Gasteiger partial charge is 0.240 e. The molecular weight excluding hydrogens is 318 g/mol. The van der Waals surface area contributed by atoms with E-state index in [9.17, 15) is 14.7 Å². The van der Waals surface area contributed by atoms with Crippen molar-refractivity contribution in [3.05, 3.63) is 29.8 Å². The highest BCUT2D eigenvalue weighted by atomic mass is 16.3. The van der Waals surface area contributed by atoms with Crippen LogP contribution in [0, 0.1) is 5.92 Å². The molecule has 6 heteroatoms. The average Bonchev–Trinajstić information content (AvgIpc) is 2.62. The molecule has 0 radical (unpaired) electrons. The zero-order chi connectivity index (χ0) is 17.8. The zero-order valence-electron chi connectivity index (χ0n) is 14.5. The van der Waals surface area contributed by atoms with Crippen LogP contribution in [0.4, 0.5) is 0 Å². The second kappa shape index (κ2) is 7.87. The Morgan fingerprint density at radius 2 is 1.88 bits per heavy atom.